The first-order chi connectivity index (χ1) is 10.2. The zero-order valence-electron chi connectivity index (χ0n) is 12.6. The number of carbonyl (C=O) groups is 1. The van der Waals surface area contributed by atoms with E-state index in [4.69, 9.17) is 11.6 Å². The van der Waals surface area contributed by atoms with Gasteiger partial charge < -0.3 is 5.32 Å². The highest BCUT2D eigenvalue weighted by Crippen LogP contribution is 2.59. The van der Waals surface area contributed by atoms with Crippen LogP contribution in [0.15, 0.2) is 24.3 Å². The summed E-state index contributed by atoms with van der Waals surface area (Å²) in [5.74, 6) is 2.80. The summed E-state index contributed by atoms with van der Waals surface area (Å²) in [6, 6.07) is 8.63. The second-order valence-corrected chi connectivity index (χ2v) is 6.95. The first kappa shape index (κ1) is 14.9. The topological polar surface area (TPSA) is 29.1 Å². The summed E-state index contributed by atoms with van der Waals surface area (Å²) in [4.78, 5) is 12.4. The molecule has 0 aromatic heterocycles. The van der Waals surface area contributed by atoms with E-state index in [1.54, 1.807) is 0 Å². The fraction of sp³-hybridized carbons (Fsp3) is 0.611. The van der Waals surface area contributed by atoms with Crippen molar-refractivity contribution < 1.29 is 4.79 Å². The van der Waals surface area contributed by atoms with Crippen LogP contribution in [0.1, 0.15) is 43.2 Å². The van der Waals surface area contributed by atoms with Crippen molar-refractivity contribution in [3.63, 3.8) is 0 Å². The summed E-state index contributed by atoms with van der Waals surface area (Å²) >= 11 is 5.80. The van der Waals surface area contributed by atoms with Crippen molar-refractivity contribution in [1.82, 2.24) is 5.32 Å². The highest BCUT2D eigenvalue weighted by molar-refractivity contribution is 6.18. The molecule has 1 aromatic rings. The van der Waals surface area contributed by atoms with Crippen LogP contribution in [0.2, 0.25) is 0 Å². The average Bonchev–Trinajstić information content (AvgIpc) is 3.26. The van der Waals surface area contributed by atoms with Crippen LogP contribution < -0.4 is 5.32 Å². The maximum absolute atomic E-state index is 12.4. The molecule has 4 unspecified atom stereocenters. The maximum Gasteiger partial charge on any atom is 0.224 e. The molecule has 0 bridgehead atoms. The van der Waals surface area contributed by atoms with Crippen LogP contribution in [0.5, 0.6) is 0 Å². The predicted molar refractivity (Wildman–Crippen MR) is 86.6 cm³/mol. The van der Waals surface area contributed by atoms with Gasteiger partial charge >= 0.3 is 0 Å². The summed E-state index contributed by atoms with van der Waals surface area (Å²) in [6.07, 6.45) is 4.42. The average molecular weight is 306 g/mol. The number of nitrogens with one attached hydrogen (secondary N) is 1. The second kappa shape index (κ2) is 6.39. The highest BCUT2D eigenvalue weighted by Gasteiger charge is 2.56. The number of halogens is 1. The summed E-state index contributed by atoms with van der Waals surface area (Å²) < 4.78 is 0. The van der Waals surface area contributed by atoms with Crippen molar-refractivity contribution in [1.29, 1.82) is 0 Å². The van der Waals surface area contributed by atoms with E-state index in [9.17, 15) is 4.79 Å². The minimum Gasteiger partial charge on any atom is -0.356 e. The van der Waals surface area contributed by atoms with E-state index < -0.39 is 0 Å². The minimum atomic E-state index is 0.221. The molecule has 0 heterocycles. The molecule has 3 heteroatoms. The van der Waals surface area contributed by atoms with Gasteiger partial charge in [-0.2, -0.15) is 0 Å². The smallest absolute Gasteiger partial charge is 0.224 e. The van der Waals surface area contributed by atoms with E-state index in [1.807, 2.05) is 0 Å². The fourth-order valence-electron chi connectivity index (χ4n) is 3.78. The third-order valence-corrected chi connectivity index (χ3v) is 5.60. The van der Waals surface area contributed by atoms with Gasteiger partial charge in [0, 0.05) is 18.3 Å². The van der Waals surface area contributed by atoms with Gasteiger partial charge in [-0.15, -0.1) is 11.6 Å². The van der Waals surface area contributed by atoms with Crippen LogP contribution in [0, 0.1) is 17.8 Å². The van der Waals surface area contributed by atoms with E-state index in [1.165, 1.54) is 17.5 Å². The van der Waals surface area contributed by atoms with Crippen LogP contribution in [-0.4, -0.2) is 18.3 Å². The van der Waals surface area contributed by atoms with E-state index in [0.717, 1.165) is 25.8 Å². The van der Waals surface area contributed by atoms with Crippen molar-refractivity contribution in [2.24, 2.45) is 17.8 Å². The van der Waals surface area contributed by atoms with Gasteiger partial charge in [-0.3, -0.25) is 4.79 Å². The normalized spacial score (nSPS) is 27.4. The number of benzene rings is 1. The van der Waals surface area contributed by atoms with Gasteiger partial charge in [0.2, 0.25) is 5.91 Å². The molecule has 1 aromatic carbocycles. The Morgan fingerprint density at radius 2 is 2.24 bits per heavy atom. The molecule has 1 saturated carbocycles. The molecule has 3 rings (SSSR count). The first-order valence-corrected chi connectivity index (χ1v) is 8.67. The van der Waals surface area contributed by atoms with E-state index in [-0.39, 0.29) is 11.8 Å². The molecule has 0 radical (unpaired) electrons. The lowest BCUT2D eigenvalue weighted by Gasteiger charge is -2.13. The summed E-state index contributed by atoms with van der Waals surface area (Å²) in [5.41, 5.74) is 2.87. The Bertz CT molecular complexity index is 516. The standard InChI is InChI=1S/C18H24ClNO/c1-12(11-19)5-4-10-20-18(21)17-15-9-8-13-6-2-3-7-14(13)16(15)17/h2-3,6-7,12,15-17H,4-5,8-11H2,1H3,(H,20,21). The lowest BCUT2D eigenvalue weighted by Crippen LogP contribution is -2.27. The Morgan fingerprint density at radius 1 is 1.43 bits per heavy atom. The number of hydrogen-bond donors (Lipinski definition) is 1. The molecule has 1 N–H and O–H groups in total. The number of rotatable bonds is 6. The summed E-state index contributed by atoms with van der Waals surface area (Å²) in [7, 11) is 0. The van der Waals surface area contributed by atoms with Crippen LogP contribution in [0.25, 0.3) is 0 Å². The lowest BCUT2D eigenvalue weighted by molar-refractivity contribution is -0.122. The number of fused-ring (bicyclic) bond motifs is 3. The molecular weight excluding hydrogens is 282 g/mol. The van der Waals surface area contributed by atoms with Crippen LogP contribution >= 0.6 is 11.6 Å². The number of aryl methyl sites for hydroxylation is 1. The molecule has 114 valence electrons. The van der Waals surface area contributed by atoms with Crippen molar-refractivity contribution in [2.45, 2.75) is 38.5 Å². The molecule has 2 aliphatic carbocycles. The number of hydrogen-bond acceptors (Lipinski definition) is 1. The first-order valence-electron chi connectivity index (χ1n) is 8.14. The van der Waals surface area contributed by atoms with Gasteiger partial charge in [-0.25, -0.2) is 0 Å². The van der Waals surface area contributed by atoms with Crippen LogP contribution in [0.4, 0.5) is 0 Å². The van der Waals surface area contributed by atoms with Crippen molar-refractivity contribution in [2.75, 3.05) is 12.4 Å². The van der Waals surface area contributed by atoms with Gasteiger partial charge in [-0.05, 0) is 54.6 Å². The van der Waals surface area contributed by atoms with Crippen molar-refractivity contribution in [3.05, 3.63) is 35.4 Å². The molecule has 0 aliphatic heterocycles. The summed E-state index contributed by atoms with van der Waals surface area (Å²) in [6.45, 7) is 2.94. The van der Waals surface area contributed by atoms with Gasteiger partial charge in [0.05, 0.1) is 0 Å². The highest BCUT2D eigenvalue weighted by atomic mass is 35.5. The Kier molecular flexibility index (Phi) is 4.54. The molecule has 2 aliphatic rings. The van der Waals surface area contributed by atoms with E-state index >= 15 is 0 Å². The number of carbonyl (C=O) groups excluding carboxylic acids is 1. The molecule has 0 saturated heterocycles. The largest absolute Gasteiger partial charge is 0.356 e. The predicted octanol–water partition coefficient (Wildman–Crippen LogP) is 3.73. The Labute approximate surface area is 132 Å². The minimum absolute atomic E-state index is 0.221. The third kappa shape index (κ3) is 3.11. The Hall–Kier alpha value is -1.02. The lowest BCUT2D eigenvalue weighted by atomic mass is 9.92. The second-order valence-electron chi connectivity index (χ2n) is 6.65. The quantitative estimate of drug-likeness (QED) is 0.629. The van der Waals surface area contributed by atoms with Crippen molar-refractivity contribution >= 4 is 17.5 Å². The van der Waals surface area contributed by atoms with Crippen molar-refractivity contribution in [3.8, 4) is 0 Å². The molecule has 1 amide bonds. The fourth-order valence-corrected chi connectivity index (χ4v) is 3.94. The van der Waals surface area contributed by atoms with Crippen LogP contribution in [0.3, 0.4) is 0 Å². The molecule has 0 spiro atoms. The van der Waals surface area contributed by atoms with E-state index in [2.05, 4.69) is 36.5 Å². The monoisotopic (exact) mass is 305 g/mol. The molecule has 21 heavy (non-hydrogen) atoms. The molecule has 4 atom stereocenters. The zero-order valence-corrected chi connectivity index (χ0v) is 13.4. The van der Waals surface area contributed by atoms with Gasteiger partial charge in [0.15, 0.2) is 0 Å². The van der Waals surface area contributed by atoms with E-state index in [0.29, 0.717) is 23.6 Å². The number of amides is 1. The van der Waals surface area contributed by atoms with Crippen LogP contribution in [-0.2, 0) is 11.2 Å². The number of alkyl halides is 1. The van der Waals surface area contributed by atoms with Gasteiger partial charge in [-0.1, -0.05) is 31.2 Å². The Balaban J connectivity index is 1.50. The maximum atomic E-state index is 12.4. The molecular formula is C18H24ClNO. The van der Waals surface area contributed by atoms with Gasteiger partial charge in [0.1, 0.15) is 0 Å². The zero-order chi connectivity index (χ0) is 14.8. The van der Waals surface area contributed by atoms with Gasteiger partial charge in [0.25, 0.3) is 0 Å². The third-order valence-electron chi connectivity index (χ3n) is 5.07. The molecule has 1 fully saturated rings. The molecule has 2 nitrogen and oxygen atoms in total. The Morgan fingerprint density at radius 3 is 3.05 bits per heavy atom. The summed E-state index contributed by atoms with van der Waals surface area (Å²) in [5, 5.41) is 3.13. The SMILES string of the molecule is CC(CCl)CCCNC(=O)C1C2CCc3ccccc3C21.